The highest BCUT2D eigenvalue weighted by molar-refractivity contribution is 8.13. The number of hydrogen-bond donors (Lipinski definition) is 2. The van der Waals surface area contributed by atoms with Crippen LogP contribution in [0.1, 0.15) is 35.3 Å². The number of fused-ring (bicyclic) bond motifs is 1. The van der Waals surface area contributed by atoms with Crippen molar-refractivity contribution >= 4 is 28.5 Å². The van der Waals surface area contributed by atoms with Crippen LogP contribution in [-0.2, 0) is 5.54 Å². The Morgan fingerprint density at radius 3 is 2.90 bits per heavy atom. The average molecular weight is 436 g/mol. The van der Waals surface area contributed by atoms with Crippen molar-refractivity contribution in [2.24, 2.45) is 16.6 Å². The summed E-state index contributed by atoms with van der Waals surface area (Å²) in [5, 5.41) is 3.11. The van der Waals surface area contributed by atoms with Crippen LogP contribution in [0.4, 0.5) is 18.9 Å². The van der Waals surface area contributed by atoms with Crippen molar-refractivity contribution in [2.45, 2.75) is 31.4 Å². The lowest BCUT2D eigenvalue weighted by Crippen LogP contribution is -2.37. The van der Waals surface area contributed by atoms with E-state index in [4.69, 9.17) is 5.73 Å². The van der Waals surface area contributed by atoms with Crippen molar-refractivity contribution in [1.82, 2.24) is 4.98 Å². The van der Waals surface area contributed by atoms with Crippen molar-refractivity contribution in [1.29, 1.82) is 0 Å². The Labute approximate surface area is 175 Å². The first-order chi connectivity index (χ1) is 14.4. The normalized spacial score (nSPS) is 23.1. The molecule has 0 bridgehead atoms. The molecule has 6 nitrogen and oxygen atoms in total. The van der Waals surface area contributed by atoms with Crippen molar-refractivity contribution in [3.05, 3.63) is 53.6 Å². The molecule has 1 amide bonds. The highest BCUT2D eigenvalue weighted by Crippen LogP contribution is 2.51. The standard InChI is InChI=1S/C20H19F3N4O2S/c21-15-5-3-12(26-17(28)16-6-4-13(9-25-16)29-18(22)23)8-14(15)20-7-1-2-11(20)10-30-19(24)27-20/h3-6,8-9,11,18H,1-2,7,10H2,(H2,24,27)(H,26,28)/t11-,20-/m0/s1. The van der Waals surface area contributed by atoms with Crippen LogP contribution in [0.15, 0.2) is 41.5 Å². The topological polar surface area (TPSA) is 89.6 Å². The van der Waals surface area contributed by atoms with Crippen molar-refractivity contribution in [2.75, 3.05) is 11.1 Å². The van der Waals surface area contributed by atoms with E-state index in [1.165, 1.54) is 36.0 Å². The third-order valence-electron chi connectivity index (χ3n) is 5.41. The number of nitrogens with two attached hydrogens (primary N) is 1. The Morgan fingerprint density at radius 1 is 1.33 bits per heavy atom. The van der Waals surface area contributed by atoms with Crippen LogP contribution in [0.25, 0.3) is 0 Å². The fourth-order valence-electron chi connectivity index (χ4n) is 4.08. The van der Waals surface area contributed by atoms with Gasteiger partial charge in [-0.1, -0.05) is 18.2 Å². The van der Waals surface area contributed by atoms with Gasteiger partial charge in [0.2, 0.25) is 0 Å². The Morgan fingerprint density at radius 2 is 2.17 bits per heavy atom. The number of amidine groups is 1. The van der Waals surface area contributed by atoms with Crippen LogP contribution in [0, 0.1) is 11.7 Å². The zero-order valence-electron chi connectivity index (χ0n) is 15.8. The van der Waals surface area contributed by atoms with E-state index in [-0.39, 0.29) is 17.4 Å². The average Bonchev–Trinajstić information content (AvgIpc) is 3.13. The van der Waals surface area contributed by atoms with Gasteiger partial charge in [-0.3, -0.25) is 9.79 Å². The maximum Gasteiger partial charge on any atom is 0.387 e. The van der Waals surface area contributed by atoms with Gasteiger partial charge in [0.15, 0.2) is 5.17 Å². The van der Waals surface area contributed by atoms with Crippen LogP contribution < -0.4 is 15.8 Å². The van der Waals surface area contributed by atoms with Gasteiger partial charge < -0.3 is 15.8 Å². The van der Waals surface area contributed by atoms with Gasteiger partial charge in [-0.15, -0.1) is 0 Å². The van der Waals surface area contributed by atoms with Gasteiger partial charge >= 0.3 is 6.61 Å². The number of rotatable bonds is 5. The van der Waals surface area contributed by atoms with Crippen molar-refractivity contribution < 1.29 is 22.7 Å². The quantitative estimate of drug-likeness (QED) is 0.736. The van der Waals surface area contributed by atoms with Crippen molar-refractivity contribution in [3.63, 3.8) is 0 Å². The second-order valence-electron chi connectivity index (χ2n) is 7.18. The van der Waals surface area contributed by atoms with E-state index in [2.05, 4.69) is 20.0 Å². The number of anilines is 1. The van der Waals surface area contributed by atoms with Crippen LogP contribution in [-0.4, -0.2) is 28.4 Å². The van der Waals surface area contributed by atoms with Crippen LogP contribution in [0.3, 0.4) is 0 Å². The molecule has 1 aliphatic carbocycles. The Hall–Kier alpha value is -2.75. The number of alkyl halides is 2. The second kappa shape index (κ2) is 8.17. The van der Waals surface area contributed by atoms with E-state index in [9.17, 15) is 18.0 Å². The molecule has 158 valence electrons. The van der Waals surface area contributed by atoms with Gasteiger partial charge in [0.1, 0.15) is 17.3 Å². The largest absolute Gasteiger partial charge is 0.433 e. The zero-order chi connectivity index (χ0) is 21.3. The highest BCUT2D eigenvalue weighted by Gasteiger charge is 2.48. The fourth-order valence-corrected chi connectivity index (χ4v) is 5.12. The summed E-state index contributed by atoms with van der Waals surface area (Å²) in [6.45, 7) is -2.97. The molecule has 0 saturated heterocycles. The SMILES string of the molecule is NC1=N[C@@]2(c3cc(NC(=O)c4ccc(OC(F)F)cn4)ccc3F)CCC[C@H]2CS1. The maximum atomic E-state index is 14.8. The van der Waals surface area contributed by atoms with E-state index in [1.54, 1.807) is 6.07 Å². The number of pyridine rings is 1. The molecule has 1 aliphatic heterocycles. The predicted octanol–water partition coefficient (Wildman–Crippen LogP) is 4.13. The van der Waals surface area contributed by atoms with Gasteiger partial charge in [-0.05, 0) is 49.1 Å². The Balaban J connectivity index is 1.58. The summed E-state index contributed by atoms with van der Waals surface area (Å²) in [7, 11) is 0. The summed E-state index contributed by atoms with van der Waals surface area (Å²) in [5.41, 5.74) is 6.05. The summed E-state index contributed by atoms with van der Waals surface area (Å²) in [6.07, 6.45) is 3.60. The van der Waals surface area contributed by atoms with Crippen LogP contribution in [0.2, 0.25) is 0 Å². The second-order valence-corrected chi connectivity index (χ2v) is 8.22. The zero-order valence-corrected chi connectivity index (χ0v) is 16.6. The summed E-state index contributed by atoms with van der Waals surface area (Å²) < 4.78 is 43.5. The molecule has 3 N–H and O–H groups in total. The molecular formula is C20H19F3N4O2S. The number of halogens is 3. The highest BCUT2D eigenvalue weighted by atomic mass is 32.2. The minimum absolute atomic E-state index is 0.00993. The number of carbonyl (C=O) groups excluding carboxylic acids is 1. The molecule has 0 unspecified atom stereocenters. The lowest BCUT2D eigenvalue weighted by Gasteiger charge is -2.36. The van der Waals surface area contributed by atoms with Crippen LogP contribution in [0.5, 0.6) is 5.75 Å². The number of aromatic nitrogens is 1. The molecule has 1 aromatic heterocycles. The van der Waals surface area contributed by atoms with E-state index in [0.717, 1.165) is 24.8 Å². The summed E-state index contributed by atoms with van der Waals surface area (Å²) in [6, 6.07) is 6.84. The van der Waals surface area contributed by atoms with Gasteiger partial charge in [0.25, 0.3) is 5.91 Å². The number of amides is 1. The molecule has 2 aliphatic rings. The summed E-state index contributed by atoms with van der Waals surface area (Å²) >= 11 is 1.48. The molecule has 1 saturated carbocycles. The number of carbonyl (C=O) groups is 1. The lowest BCUT2D eigenvalue weighted by atomic mass is 9.81. The third kappa shape index (κ3) is 3.96. The van der Waals surface area contributed by atoms with Crippen LogP contribution >= 0.6 is 11.8 Å². The molecule has 10 heteroatoms. The molecule has 1 fully saturated rings. The first kappa shape index (κ1) is 20.5. The number of aliphatic imine (C=N–C) groups is 1. The number of hydrogen-bond acceptors (Lipinski definition) is 6. The number of benzene rings is 1. The number of nitrogens with zero attached hydrogens (tertiary/aromatic N) is 2. The first-order valence-electron chi connectivity index (χ1n) is 9.38. The lowest BCUT2D eigenvalue weighted by molar-refractivity contribution is -0.0500. The van der Waals surface area contributed by atoms with Gasteiger partial charge in [0, 0.05) is 17.0 Å². The Kier molecular flexibility index (Phi) is 5.59. The minimum atomic E-state index is -2.97. The smallest absolute Gasteiger partial charge is 0.387 e. The van der Waals surface area contributed by atoms with E-state index in [0.29, 0.717) is 22.8 Å². The third-order valence-corrected chi connectivity index (χ3v) is 6.37. The number of nitrogens with one attached hydrogen (secondary N) is 1. The molecule has 30 heavy (non-hydrogen) atoms. The molecular weight excluding hydrogens is 417 g/mol. The molecule has 2 heterocycles. The Bertz CT molecular complexity index is 987. The molecule has 1 aromatic carbocycles. The molecule has 2 aromatic rings. The number of ether oxygens (including phenoxy) is 1. The molecule has 0 radical (unpaired) electrons. The summed E-state index contributed by atoms with van der Waals surface area (Å²) in [4.78, 5) is 21.0. The van der Waals surface area contributed by atoms with Gasteiger partial charge in [-0.25, -0.2) is 9.37 Å². The molecule has 0 spiro atoms. The predicted molar refractivity (Wildman–Crippen MR) is 108 cm³/mol. The minimum Gasteiger partial charge on any atom is -0.433 e. The van der Waals surface area contributed by atoms with E-state index < -0.39 is 23.9 Å². The molecule has 4 rings (SSSR count). The summed E-state index contributed by atoms with van der Waals surface area (Å²) in [5.74, 6) is -0.141. The maximum absolute atomic E-state index is 14.8. The van der Waals surface area contributed by atoms with Gasteiger partial charge in [-0.2, -0.15) is 8.78 Å². The van der Waals surface area contributed by atoms with Crippen molar-refractivity contribution in [3.8, 4) is 5.75 Å². The number of thioether (sulfide) groups is 1. The monoisotopic (exact) mass is 436 g/mol. The molecule has 2 atom stereocenters. The van der Waals surface area contributed by atoms with E-state index >= 15 is 0 Å². The fraction of sp³-hybridized carbons (Fsp3) is 0.350. The van der Waals surface area contributed by atoms with E-state index in [1.807, 2.05) is 0 Å². The van der Waals surface area contributed by atoms with Gasteiger partial charge in [0.05, 0.1) is 11.7 Å². The first-order valence-corrected chi connectivity index (χ1v) is 10.4.